The monoisotopic (exact) mass is 306 g/mol. The van der Waals surface area contributed by atoms with E-state index in [1.165, 1.54) is 0 Å². The van der Waals surface area contributed by atoms with Crippen LogP contribution in [-0.2, 0) is 5.60 Å². The van der Waals surface area contributed by atoms with Gasteiger partial charge in [0.15, 0.2) is 0 Å². The Kier molecular flexibility index (Phi) is 3.73. The van der Waals surface area contributed by atoms with Gasteiger partial charge >= 0.3 is 0 Å². The van der Waals surface area contributed by atoms with Crippen LogP contribution in [0.25, 0.3) is 0 Å². The molecule has 1 N–H and O–H groups in total. The average molecular weight is 307 g/mol. The predicted octanol–water partition coefficient (Wildman–Crippen LogP) is 3.71. The first-order chi connectivity index (χ1) is 8.54. The SMILES string of the molecule is COc1ccc(C(C)(O)c2ccc(Br)cc2)cc1. The van der Waals surface area contributed by atoms with Gasteiger partial charge in [-0.2, -0.15) is 0 Å². The smallest absolute Gasteiger partial charge is 0.118 e. The third kappa shape index (κ3) is 2.57. The summed E-state index contributed by atoms with van der Waals surface area (Å²) < 4.78 is 6.11. The number of ether oxygens (including phenoxy) is 1. The van der Waals surface area contributed by atoms with E-state index >= 15 is 0 Å². The molecule has 94 valence electrons. The van der Waals surface area contributed by atoms with Gasteiger partial charge in [-0.25, -0.2) is 0 Å². The van der Waals surface area contributed by atoms with Crippen molar-refractivity contribution in [2.75, 3.05) is 7.11 Å². The zero-order valence-electron chi connectivity index (χ0n) is 10.4. The van der Waals surface area contributed by atoms with Crippen LogP contribution in [0.3, 0.4) is 0 Å². The summed E-state index contributed by atoms with van der Waals surface area (Å²) in [6.45, 7) is 1.79. The van der Waals surface area contributed by atoms with Crippen molar-refractivity contribution >= 4 is 15.9 Å². The first kappa shape index (κ1) is 13.1. The van der Waals surface area contributed by atoms with Gasteiger partial charge in [-0.05, 0) is 42.3 Å². The summed E-state index contributed by atoms with van der Waals surface area (Å²) in [5, 5.41) is 10.7. The number of aliphatic hydroxyl groups is 1. The van der Waals surface area contributed by atoms with Crippen molar-refractivity contribution in [2.45, 2.75) is 12.5 Å². The topological polar surface area (TPSA) is 29.5 Å². The Labute approximate surface area is 115 Å². The maximum atomic E-state index is 10.7. The highest BCUT2D eigenvalue weighted by atomic mass is 79.9. The summed E-state index contributed by atoms with van der Waals surface area (Å²) in [6, 6.07) is 15.1. The third-order valence-corrected chi connectivity index (χ3v) is 3.59. The highest BCUT2D eigenvalue weighted by Crippen LogP contribution is 2.30. The van der Waals surface area contributed by atoms with Crippen LogP contribution < -0.4 is 4.74 Å². The molecule has 2 nitrogen and oxygen atoms in total. The predicted molar refractivity (Wildman–Crippen MR) is 75.8 cm³/mol. The number of hydrogen-bond donors (Lipinski definition) is 1. The molecule has 0 spiro atoms. The van der Waals surface area contributed by atoms with Gasteiger partial charge in [0.1, 0.15) is 11.4 Å². The fraction of sp³-hybridized carbons (Fsp3) is 0.200. The minimum atomic E-state index is -1.01. The second-order valence-corrected chi connectivity index (χ2v) is 5.22. The van der Waals surface area contributed by atoms with E-state index in [0.29, 0.717) is 0 Å². The Morgan fingerprint density at radius 1 is 0.944 bits per heavy atom. The maximum Gasteiger partial charge on any atom is 0.118 e. The van der Waals surface area contributed by atoms with Gasteiger partial charge in [0.25, 0.3) is 0 Å². The van der Waals surface area contributed by atoms with Gasteiger partial charge in [-0.3, -0.25) is 0 Å². The average Bonchev–Trinajstić information content (AvgIpc) is 2.39. The van der Waals surface area contributed by atoms with Crippen LogP contribution in [0.4, 0.5) is 0 Å². The lowest BCUT2D eigenvalue weighted by molar-refractivity contribution is 0.102. The van der Waals surface area contributed by atoms with Crippen molar-refractivity contribution in [1.82, 2.24) is 0 Å². The zero-order chi connectivity index (χ0) is 13.2. The molecule has 0 aliphatic heterocycles. The van der Waals surface area contributed by atoms with Crippen LogP contribution in [0.2, 0.25) is 0 Å². The number of hydrogen-bond acceptors (Lipinski definition) is 2. The van der Waals surface area contributed by atoms with E-state index in [1.807, 2.05) is 48.5 Å². The molecule has 3 heteroatoms. The molecule has 0 amide bonds. The summed E-state index contributed by atoms with van der Waals surface area (Å²) in [5.41, 5.74) is 0.689. The number of methoxy groups -OCH3 is 1. The second-order valence-electron chi connectivity index (χ2n) is 4.31. The van der Waals surface area contributed by atoms with Crippen molar-refractivity contribution in [1.29, 1.82) is 0 Å². The molecule has 0 radical (unpaired) electrons. The Hall–Kier alpha value is -1.32. The fourth-order valence-corrected chi connectivity index (χ4v) is 2.12. The van der Waals surface area contributed by atoms with E-state index in [2.05, 4.69) is 15.9 Å². The summed E-state index contributed by atoms with van der Waals surface area (Å²) in [5.74, 6) is 0.783. The highest BCUT2D eigenvalue weighted by molar-refractivity contribution is 9.10. The standard InChI is InChI=1S/C15H15BrO2/c1-15(17,11-3-7-13(16)8-4-11)12-5-9-14(18-2)10-6-12/h3-10,17H,1-2H3. The molecule has 0 fully saturated rings. The Balaban J connectivity index is 2.37. The lowest BCUT2D eigenvalue weighted by Crippen LogP contribution is -2.22. The molecule has 2 aromatic carbocycles. The van der Waals surface area contributed by atoms with Gasteiger partial charge in [0, 0.05) is 4.47 Å². The molecule has 0 aliphatic carbocycles. The molecule has 18 heavy (non-hydrogen) atoms. The molecule has 2 aromatic rings. The van der Waals surface area contributed by atoms with Crippen LogP contribution in [0.15, 0.2) is 53.0 Å². The lowest BCUT2D eigenvalue weighted by Gasteiger charge is -2.24. The molecule has 1 unspecified atom stereocenters. The molecule has 0 aliphatic rings. The summed E-state index contributed by atoms with van der Waals surface area (Å²) in [6.07, 6.45) is 0. The van der Waals surface area contributed by atoms with Gasteiger partial charge < -0.3 is 9.84 Å². The van der Waals surface area contributed by atoms with Crippen LogP contribution in [0.1, 0.15) is 18.1 Å². The van der Waals surface area contributed by atoms with E-state index in [-0.39, 0.29) is 0 Å². The van der Waals surface area contributed by atoms with E-state index < -0.39 is 5.60 Å². The van der Waals surface area contributed by atoms with Crippen molar-refractivity contribution in [3.8, 4) is 5.75 Å². The largest absolute Gasteiger partial charge is 0.497 e. The fourth-order valence-electron chi connectivity index (χ4n) is 1.86. The summed E-state index contributed by atoms with van der Waals surface area (Å²) in [4.78, 5) is 0. The Morgan fingerprint density at radius 2 is 1.39 bits per heavy atom. The van der Waals surface area contributed by atoms with Crippen molar-refractivity contribution in [3.05, 3.63) is 64.1 Å². The molecule has 0 bridgehead atoms. The van der Waals surface area contributed by atoms with Gasteiger partial charge in [0.05, 0.1) is 7.11 Å². The van der Waals surface area contributed by atoms with Crippen LogP contribution in [0.5, 0.6) is 5.75 Å². The van der Waals surface area contributed by atoms with Crippen molar-refractivity contribution < 1.29 is 9.84 Å². The molecular formula is C15H15BrO2. The molecule has 2 rings (SSSR count). The van der Waals surface area contributed by atoms with Crippen molar-refractivity contribution in [2.24, 2.45) is 0 Å². The van der Waals surface area contributed by atoms with E-state index in [4.69, 9.17) is 4.74 Å². The highest BCUT2D eigenvalue weighted by Gasteiger charge is 2.25. The molecule has 0 saturated carbocycles. The Bertz CT molecular complexity index is 515. The normalized spacial score (nSPS) is 14.0. The molecule has 0 heterocycles. The molecular weight excluding hydrogens is 292 g/mol. The summed E-state index contributed by atoms with van der Waals surface area (Å²) in [7, 11) is 1.63. The summed E-state index contributed by atoms with van der Waals surface area (Å²) >= 11 is 3.39. The van der Waals surface area contributed by atoms with Gasteiger partial charge in [-0.1, -0.05) is 40.2 Å². The third-order valence-electron chi connectivity index (χ3n) is 3.06. The van der Waals surface area contributed by atoms with E-state index in [9.17, 15) is 5.11 Å². The number of halogens is 1. The molecule has 1 atom stereocenters. The van der Waals surface area contributed by atoms with E-state index in [0.717, 1.165) is 21.3 Å². The minimum Gasteiger partial charge on any atom is -0.497 e. The first-order valence-corrected chi connectivity index (χ1v) is 6.46. The van der Waals surface area contributed by atoms with Crippen LogP contribution in [-0.4, -0.2) is 12.2 Å². The molecule has 0 aromatic heterocycles. The zero-order valence-corrected chi connectivity index (χ0v) is 11.9. The van der Waals surface area contributed by atoms with Crippen LogP contribution in [0, 0.1) is 0 Å². The van der Waals surface area contributed by atoms with Crippen molar-refractivity contribution in [3.63, 3.8) is 0 Å². The lowest BCUT2D eigenvalue weighted by atomic mass is 9.88. The first-order valence-electron chi connectivity index (χ1n) is 5.67. The number of benzene rings is 2. The quantitative estimate of drug-likeness (QED) is 0.936. The minimum absolute atomic E-state index is 0.783. The van der Waals surface area contributed by atoms with Gasteiger partial charge in [0.2, 0.25) is 0 Å². The van der Waals surface area contributed by atoms with Crippen LogP contribution >= 0.6 is 15.9 Å². The maximum absolute atomic E-state index is 10.7. The number of rotatable bonds is 3. The van der Waals surface area contributed by atoms with E-state index in [1.54, 1.807) is 14.0 Å². The van der Waals surface area contributed by atoms with Gasteiger partial charge in [-0.15, -0.1) is 0 Å². The Morgan fingerprint density at radius 3 is 1.83 bits per heavy atom. The second kappa shape index (κ2) is 5.12. The molecule has 0 saturated heterocycles.